The molecule has 1 N–H and O–H groups in total. The van der Waals surface area contributed by atoms with Crippen molar-refractivity contribution in [2.45, 2.75) is 26.7 Å². The molecule has 1 aromatic carbocycles. The Morgan fingerprint density at radius 2 is 1.94 bits per heavy atom. The van der Waals surface area contributed by atoms with E-state index in [2.05, 4.69) is 5.32 Å². The Balaban J connectivity index is 2.49. The van der Waals surface area contributed by atoms with Gasteiger partial charge in [0.05, 0.1) is 5.69 Å². The summed E-state index contributed by atoms with van der Waals surface area (Å²) in [7, 11) is 0. The van der Waals surface area contributed by atoms with E-state index in [1.54, 1.807) is 4.90 Å². The summed E-state index contributed by atoms with van der Waals surface area (Å²) in [5.41, 5.74) is 3.07. The van der Waals surface area contributed by atoms with E-state index in [4.69, 9.17) is 12.2 Å². The van der Waals surface area contributed by atoms with Gasteiger partial charge in [0.2, 0.25) is 5.91 Å². The molecule has 0 saturated carbocycles. The Hall–Kier alpha value is -1.42. The molecule has 1 aliphatic rings. The highest BCUT2D eigenvalue weighted by Gasteiger charge is 2.25. The summed E-state index contributed by atoms with van der Waals surface area (Å²) >= 11 is 5.29. The van der Waals surface area contributed by atoms with Crippen molar-refractivity contribution in [3.8, 4) is 0 Å². The predicted molar refractivity (Wildman–Crippen MR) is 73.2 cm³/mol. The van der Waals surface area contributed by atoms with E-state index in [1.807, 2.05) is 32.0 Å². The van der Waals surface area contributed by atoms with Gasteiger partial charge in [-0.3, -0.25) is 9.69 Å². The fourth-order valence-electron chi connectivity index (χ4n) is 2.12. The van der Waals surface area contributed by atoms with Crippen molar-refractivity contribution < 1.29 is 4.79 Å². The zero-order valence-corrected chi connectivity index (χ0v) is 10.9. The van der Waals surface area contributed by atoms with Crippen LogP contribution in [0.2, 0.25) is 0 Å². The van der Waals surface area contributed by atoms with Gasteiger partial charge in [0.25, 0.3) is 0 Å². The summed E-state index contributed by atoms with van der Waals surface area (Å²) in [6.07, 6.45) is 1.38. The largest absolute Gasteiger partial charge is 0.362 e. The number of carbonyl (C=O) groups excluding carboxylic acids is 1. The van der Waals surface area contributed by atoms with Crippen molar-refractivity contribution in [2.24, 2.45) is 0 Å². The van der Waals surface area contributed by atoms with E-state index in [0.717, 1.165) is 29.8 Å². The molecular weight excluding hydrogens is 232 g/mol. The van der Waals surface area contributed by atoms with Crippen LogP contribution < -0.4 is 10.2 Å². The molecule has 1 amide bonds. The van der Waals surface area contributed by atoms with Crippen molar-refractivity contribution in [1.29, 1.82) is 0 Å². The SMILES string of the molecule is Cc1cccc(C)c1N1C(=O)CCCNC1=S. The number of carbonyl (C=O) groups is 1. The lowest BCUT2D eigenvalue weighted by molar-refractivity contribution is -0.117. The third-order valence-electron chi connectivity index (χ3n) is 2.96. The standard InChI is InChI=1S/C13H16N2OS/c1-9-5-3-6-10(2)12(9)15-11(16)7-4-8-14-13(15)17/h3,5-6H,4,7-8H2,1-2H3,(H,14,17). The topological polar surface area (TPSA) is 32.3 Å². The van der Waals surface area contributed by atoms with E-state index in [1.165, 1.54) is 0 Å². The number of rotatable bonds is 1. The number of amides is 1. The molecule has 17 heavy (non-hydrogen) atoms. The third-order valence-corrected chi connectivity index (χ3v) is 3.29. The maximum atomic E-state index is 12.1. The van der Waals surface area contributed by atoms with Crippen LogP contribution in [0.25, 0.3) is 0 Å². The van der Waals surface area contributed by atoms with E-state index in [0.29, 0.717) is 11.5 Å². The van der Waals surface area contributed by atoms with Crippen LogP contribution in [-0.2, 0) is 4.79 Å². The fourth-order valence-corrected chi connectivity index (χ4v) is 2.42. The van der Waals surface area contributed by atoms with E-state index >= 15 is 0 Å². The Bertz CT molecular complexity index is 432. The van der Waals surface area contributed by atoms with Crippen molar-refractivity contribution in [1.82, 2.24) is 5.32 Å². The fraction of sp³-hybridized carbons (Fsp3) is 0.385. The van der Waals surface area contributed by atoms with Gasteiger partial charge in [-0.05, 0) is 43.6 Å². The van der Waals surface area contributed by atoms with Gasteiger partial charge in [-0.1, -0.05) is 18.2 Å². The molecule has 3 nitrogen and oxygen atoms in total. The maximum absolute atomic E-state index is 12.1. The summed E-state index contributed by atoms with van der Waals surface area (Å²) in [4.78, 5) is 13.8. The number of aryl methyl sites for hydroxylation is 2. The van der Waals surface area contributed by atoms with Gasteiger partial charge < -0.3 is 5.32 Å². The van der Waals surface area contributed by atoms with E-state index in [-0.39, 0.29) is 5.91 Å². The number of nitrogens with one attached hydrogen (secondary N) is 1. The van der Waals surface area contributed by atoms with Crippen LogP contribution in [0.1, 0.15) is 24.0 Å². The number of nitrogens with zero attached hydrogens (tertiary/aromatic N) is 1. The Morgan fingerprint density at radius 3 is 2.59 bits per heavy atom. The molecule has 1 heterocycles. The van der Waals surface area contributed by atoms with Crippen molar-refractivity contribution in [3.63, 3.8) is 0 Å². The second-order valence-electron chi connectivity index (χ2n) is 4.31. The van der Waals surface area contributed by atoms with Gasteiger partial charge in [-0.2, -0.15) is 0 Å². The number of para-hydroxylation sites is 1. The molecule has 4 heteroatoms. The second-order valence-corrected chi connectivity index (χ2v) is 4.69. The molecule has 0 radical (unpaired) electrons. The smallest absolute Gasteiger partial charge is 0.233 e. The first kappa shape index (κ1) is 12.0. The average Bonchev–Trinajstić information content (AvgIpc) is 2.43. The van der Waals surface area contributed by atoms with Gasteiger partial charge in [0, 0.05) is 13.0 Å². The lowest BCUT2D eigenvalue weighted by atomic mass is 10.1. The van der Waals surface area contributed by atoms with Gasteiger partial charge in [0.15, 0.2) is 5.11 Å². The molecule has 0 unspecified atom stereocenters. The first-order valence-electron chi connectivity index (χ1n) is 5.78. The van der Waals surface area contributed by atoms with Gasteiger partial charge in [0.1, 0.15) is 0 Å². The van der Waals surface area contributed by atoms with E-state index < -0.39 is 0 Å². The van der Waals surface area contributed by atoms with Crippen molar-refractivity contribution >= 4 is 28.9 Å². The molecule has 0 aliphatic carbocycles. The average molecular weight is 248 g/mol. The molecule has 1 fully saturated rings. The molecule has 1 saturated heterocycles. The minimum atomic E-state index is 0.0809. The summed E-state index contributed by atoms with van der Waals surface area (Å²) < 4.78 is 0. The molecule has 1 aliphatic heterocycles. The highest BCUT2D eigenvalue weighted by atomic mass is 32.1. The zero-order valence-electron chi connectivity index (χ0n) is 10.1. The highest BCUT2D eigenvalue weighted by molar-refractivity contribution is 7.80. The van der Waals surface area contributed by atoms with Gasteiger partial charge >= 0.3 is 0 Å². The minimum absolute atomic E-state index is 0.0809. The Kier molecular flexibility index (Phi) is 3.43. The number of hydrogen-bond donors (Lipinski definition) is 1. The van der Waals surface area contributed by atoms with E-state index in [9.17, 15) is 4.79 Å². The molecule has 2 rings (SSSR count). The first-order chi connectivity index (χ1) is 8.11. The lowest BCUT2D eigenvalue weighted by Crippen LogP contribution is -2.42. The highest BCUT2D eigenvalue weighted by Crippen LogP contribution is 2.26. The molecule has 90 valence electrons. The van der Waals surface area contributed by atoms with Gasteiger partial charge in [-0.15, -0.1) is 0 Å². The molecule has 0 spiro atoms. The third kappa shape index (κ3) is 2.31. The minimum Gasteiger partial charge on any atom is -0.362 e. The Morgan fingerprint density at radius 1 is 1.29 bits per heavy atom. The first-order valence-corrected chi connectivity index (χ1v) is 6.19. The van der Waals surface area contributed by atoms with Crippen LogP contribution in [0.5, 0.6) is 0 Å². The lowest BCUT2D eigenvalue weighted by Gasteiger charge is -2.24. The van der Waals surface area contributed by atoms with Crippen molar-refractivity contribution in [3.05, 3.63) is 29.3 Å². The molecular formula is C13H16N2OS. The second kappa shape index (κ2) is 4.84. The summed E-state index contributed by atoms with van der Waals surface area (Å²) in [5, 5.41) is 3.63. The van der Waals surface area contributed by atoms with Crippen molar-refractivity contribution in [2.75, 3.05) is 11.4 Å². The van der Waals surface area contributed by atoms with Crippen LogP contribution >= 0.6 is 12.2 Å². The van der Waals surface area contributed by atoms with Crippen LogP contribution in [-0.4, -0.2) is 17.6 Å². The monoisotopic (exact) mass is 248 g/mol. The predicted octanol–water partition coefficient (Wildman–Crippen LogP) is 2.30. The normalized spacial score (nSPS) is 16.7. The zero-order chi connectivity index (χ0) is 12.4. The maximum Gasteiger partial charge on any atom is 0.233 e. The Labute approximate surface area is 107 Å². The summed E-state index contributed by atoms with van der Waals surface area (Å²) in [6.45, 7) is 4.78. The van der Waals surface area contributed by atoms with Crippen LogP contribution in [0.4, 0.5) is 5.69 Å². The van der Waals surface area contributed by atoms with Gasteiger partial charge in [-0.25, -0.2) is 0 Å². The van der Waals surface area contributed by atoms with Crippen LogP contribution in [0.15, 0.2) is 18.2 Å². The number of hydrogen-bond acceptors (Lipinski definition) is 2. The number of benzene rings is 1. The number of anilines is 1. The van der Waals surface area contributed by atoms with Crippen LogP contribution in [0.3, 0.4) is 0 Å². The summed E-state index contributed by atoms with van der Waals surface area (Å²) in [6, 6.07) is 6.00. The quantitative estimate of drug-likeness (QED) is 0.774. The molecule has 1 aromatic rings. The summed E-state index contributed by atoms with van der Waals surface area (Å²) in [5.74, 6) is 0.0809. The molecule has 0 bridgehead atoms. The van der Waals surface area contributed by atoms with Crippen LogP contribution in [0, 0.1) is 13.8 Å². The molecule has 0 aromatic heterocycles. The number of thiocarbonyl (C=S) groups is 1. The molecule has 0 atom stereocenters.